The first-order chi connectivity index (χ1) is 7.11. The van der Waals surface area contributed by atoms with Gasteiger partial charge in [-0.05, 0) is 31.0 Å². The Labute approximate surface area is 91.2 Å². The summed E-state index contributed by atoms with van der Waals surface area (Å²) in [6.45, 7) is 7.88. The lowest BCUT2D eigenvalue weighted by molar-refractivity contribution is -0.119. The number of ether oxygens (including phenoxy) is 1. The highest BCUT2D eigenvalue weighted by Gasteiger charge is 2.02. The van der Waals surface area contributed by atoms with Crippen molar-refractivity contribution in [1.29, 1.82) is 0 Å². The Balaban J connectivity index is 0.000000921. The molecule has 0 saturated heterocycles. The maximum atomic E-state index is 10.5. The van der Waals surface area contributed by atoms with Crippen molar-refractivity contribution in [3.63, 3.8) is 0 Å². The topological polar surface area (TPSA) is 52.3 Å². The SMILES string of the molecule is CC.Cc1cccc(OCC(N)=O)c1C. The molecule has 1 aromatic rings. The van der Waals surface area contributed by atoms with Crippen LogP contribution >= 0.6 is 0 Å². The summed E-state index contributed by atoms with van der Waals surface area (Å²) < 4.78 is 5.20. The molecule has 0 aliphatic carbocycles. The molecule has 0 spiro atoms. The first-order valence-electron chi connectivity index (χ1n) is 5.08. The minimum Gasteiger partial charge on any atom is -0.484 e. The monoisotopic (exact) mass is 209 g/mol. The molecule has 0 atom stereocenters. The average Bonchev–Trinajstić information content (AvgIpc) is 2.23. The van der Waals surface area contributed by atoms with E-state index >= 15 is 0 Å². The maximum Gasteiger partial charge on any atom is 0.255 e. The summed E-state index contributed by atoms with van der Waals surface area (Å²) in [7, 11) is 0. The quantitative estimate of drug-likeness (QED) is 0.829. The number of rotatable bonds is 3. The van der Waals surface area contributed by atoms with Gasteiger partial charge in [-0.3, -0.25) is 4.79 Å². The van der Waals surface area contributed by atoms with E-state index in [0.29, 0.717) is 0 Å². The molecule has 84 valence electrons. The fourth-order valence-electron chi connectivity index (χ4n) is 1.03. The van der Waals surface area contributed by atoms with Crippen molar-refractivity contribution < 1.29 is 9.53 Å². The van der Waals surface area contributed by atoms with Gasteiger partial charge in [0.2, 0.25) is 0 Å². The molecule has 1 aromatic carbocycles. The molecule has 15 heavy (non-hydrogen) atoms. The Hall–Kier alpha value is -1.51. The van der Waals surface area contributed by atoms with Crippen LogP contribution in [0.1, 0.15) is 25.0 Å². The lowest BCUT2D eigenvalue weighted by atomic mass is 10.1. The van der Waals surface area contributed by atoms with Crippen molar-refractivity contribution in [2.75, 3.05) is 6.61 Å². The van der Waals surface area contributed by atoms with Crippen LogP contribution < -0.4 is 10.5 Å². The molecular weight excluding hydrogens is 190 g/mol. The number of amides is 1. The van der Waals surface area contributed by atoms with Gasteiger partial charge in [0, 0.05) is 0 Å². The fraction of sp³-hybridized carbons (Fsp3) is 0.417. The van der Waals surface area contributed by atoms with E-state index in [1.165, 1.54) is 0 Å². The summed E-state index contributed by atoms with van der Waals surface area (Å²) in [4.78, 5) is 10.5. The summed E-state index contributed by atoms with van der Waals surface area (Å²) >= 11 is 0. The van der Waals surface area contributed by atoms with Crippen LogP contribution in [-0.2, 0) is 4.79 Å². The normalized spacial score (nSPS) is 8.80. The Bertz CT molecular complexity index is 321. The molecule has 3 heteroatoms. The van der Waals surface area contributed by atoms with E-state index < -0.39 is 5.91 Å². The zero-order valence-electron chi connectivity index (χ0n) is 9.83. The van der Waals surface area contributed by atoms with Crippen molar-refractivity contribution >= 4 is 5.91 Å². The van der Waals surface area contributed by atoms with Crippen LogP contribution in [0.3, 0.4) is 0 Å². The maximum absolute atomic E-state index is 10.5. The third-order valence-corrected chi connectivity index (χ3v) is 1.92. The van der Waals surface area contributed by atoms with Gasteiger partial charge in [-0.25, -0.2) is 0 Å². The number of aryl methyl sites for hydroxylation is 1. The summed E-state index contributed by atoms with van der Waals surface area (Å²) in [5, 5.41) is 0. The van der Waals surface area contributed by atoms with Gasteiger partial charge in [0.25, 0.3) is 5.91 Å². The lowest BCUT2D eigenvalue weighted by Gasteiger charge is -2.08. The van der Waals surface area contributed by atoms with Gasteiger partial charge in [0.05, 0.1) is 0 Å². The summed E-state index contributed by atoms with van der Waals surface area (Å²) in [6, 6.07) is 5.70. The average molecular weight is 209 g/mol. The van der Waals surface area contributed by atoms with Crippen LogP contribution in [0.25, 0.3) is 0 Å². The van der Waals surface area contributed by atoms with Crippen LogP contribution in [-0.4, -0.2) is 12.5 Å². The van der Waals surface area contributed by atoms with E-state index in [0.717, 1.165) is 16.9 Å². The van der Waals surface area contributed by atoms with E-state index in [9.17, 15) is 4.79 Å². The van der Waals surface area contributed by atoms with Crippen molar-refractivity contribution in [2.45, 2.75) is 27.7 Å². The van der Waals surface area contributed by atoms with Gasteiger partial charge in [-0.1, -0.05) is 26.0 Å². The minimum atomic E-state index is -0.457. The number of nitrogens with two attached hydrogens (primary N) is 1. The van der Waals surface area contributed by atoms with E-state index in [4.69, 9.17) is 10.5 Å². The van der Waals surface area contributed by atoms with E-state index in [1.807, 2.05) is 45.9 Å². The number of benzene rings is 1. The predicted octanol–water partition coefficient (Wildman–Crippen LogP) is 2.19. The van der Waals surface area contributed by atoms with Gasteiger partial charge in [0.1, 0.15) is 5.75 Å². The van der Waals surface area contributed by atoms with Gasteiger partial charge in [-0.2, -0.15) is 0 Å². The minimum absolute atomic E-state index is 0.0652. The van der Waals surface area contributed by atoms with Crippen LogP contribution in [0.4, 0.5) is 0 Å². The number of carbonyl (C=O) groups excluding carboxylic acids is 1. The van der Waals surface area contributed by atoms with E-state index in [2.05, 4.69) is 0 Å². The van der Waals surface area contributed by atoms with Gasteiger partial charge >= 0.3 is 0 Å². The fourth-order valence-corrected chi connectivity index (χ4v) is 1.03. The Kier molecular flexibility index (Phi) is 6.18. The molecule has 0 radical (unpaired) electrons. The Morgan fingerprint density at radius 3 is 2.47 bits per heavy atom. The highest BCUT2D eigenvalue weighted by molar-refractivity contribution is 5.75. The highest BCUT2D eigenvalue weighted by atomic mass is 16.5. The van der Waals surface area contributed by atoms with Gasteiger partial charge in [-0.15, -0.1) is 0 Å². The zero-order chi connectivity index (χ0) is 11.8. The molecule has 0 unspecified atom stereocenters. The third kappa shape index (κ3) is 4.49. The molecular formula is C12H19NO2. The second-order valence-electron chi connectivity index (χ2n) is 2.95. The molecule has 0 aliphatic rings. The number of hydrogen-bond donors (Lipinski definition) is 1. The largest absolute Gasteiger partial charge is 0.484 e. The van der Waals surface area contributed by atoms with Crippen LogP contribution in [0.2, 0.25) is 0 Å². The first-order valence-corrected chi connectivity index (χ1v) is 5.08. The second kappa shape index (κ2) is 6.87. The van der Waals surface area contributed by atoms with Gasteiger partial charge in [0.15, 0.2) is 6.61 Å². The number of carbonyl (C=O) groups is 1. The molecule has 2 N–H and O–H groups in total. The van der Waals surface area contributed by atoms with Crippen molar-refractivity contribution in [2.24, 2.45) is 5.73 Å². The molecule has 0 aliphatic heterocycles. The van der Waals surface area contributed by atoms with Crippen molar-refractivity contribution in [3.05, 3.63) is 29.3 Å². The number of hydrogen-bond acceptors (Lipinski definition) is 2. The third-order valence-electron chi connectivity index (χ3n) is 1.92. The van der Waals surface area contributed by atoms with Crippen LogP contribution in [0.5, 0.6) is 5.75 Å². The second-order valence-corrected chi connectivity index (χ2v) is 2.95. The molecule has 1 amide bonds. The Morgan fingerprint density at radius 1 is 1.33 bits per heavy atom. The highest BCUT2D eigenvalue weighted by Crippen LogP contribution is 2.20. The molecule has 3 nitrogen and oxygen atoms in total. The van der Waals surface area contributed by atoms with Gasteiger partial charge < -0.3 is 10.5 Å². The molecule has 0 aromatic heterocycles. The van der Waals surface area contributed by atoms with Crippen LogP contribution in [0, 0.1) is 13.8 Å². The molecule has 1 rings (SSSR count). The van der Waals surface area contributed by atoms with Crippen LogP contribution in [0.15, 0.2) is 18.2 Å². The molecule has 0 bridgehead atoms. The van der Waals surface area contributed by atoms with Crippen molar-refractivity contribution in [3.8, 4) is 5.75 Å². The predicted molar refractivity (Wildman–Crippen MR) is 62.0 cm³/mol. The number of primary amides is 1. The lowest BCUT2D eigenvalue weighted by Crippen LogP contribution is -2.20. The standard InChI is InChI=1S/C10H13NO2.C2H6/c1-7-4-3-5-9(8(7)2)13-6-10(11)12;1-2/h3-5H,6H2,1-2H3,(H2,11,12);1-2H3. The first kappa shape index (κ1) is 13.5. The molecule has 0 fully saturated rings. The molecule has 0 heterocycles. The Morgan fingerprint density at radius 2 is 1.93 bits per heavy atom. The van der Waals surface area contributed by atoms with E-state index in [-0.39, 0.29) is 6.61 Å². The molecule has 0 saturated carbocycles. The van der Waals surface area contributed by atoms with Crippen molar-refractivity contribution in [1.82, 2.24) is 0 Å². The smallest absolute Gasteiger partial charge is 0.255 e. The van der Waals surface area contributed by atoms with E-state index in [1.54, 1.807) is 0 Å². The summed E-state index contributed by atoms with van der Waals surface area (Å²) in [5.41, 5.74) is 7.15. The summed E-state index contributed by atoms with van der Waals surface area (Å²) in [5.74, 6) is 0.264. The summed E-state index contributed by atoms with van der Waals surface area (Å²) in [6.07, 6.45) is 0. The zero-order valence-corrected chi connectivity index (χ0v) is 9.83.